The van der Waals surface area contributed by atoms with Gasteiger partial charge in [-0.3, -0.25) is 0 Å². The molecule has 0 spiro atoms. The number of ether oxygens (including phenoxy) is 2. The minimum atomic E-state index is -0.497. The summed E-state index contributed by atoms with van der Waals surface area (Å²) in [5.41, 5.74) is 1.13. The van der Waals surface area contributed by atoms with Crippen LogP contribution in [0.5, 0.6) is 11.5 Å². The second-order valence-corrected chi connectivity index (χ2v) is 7.84. The van der Waals surface area contributed by atoms with Gasteiger partial charge >= 0.3 is 0 Å². The second kappa shape index (κ2) is 10.3. The minimum absolute atomic E-state index is 0.129. The number of benzene rings is 1. The van der Waals surface area contributed by atoms with Crippen molar-refractivity contribution in [2.24, 2.45) is 0 Å². The fraction of sp³-hybridized carbons (Fsp3) is 0.714. The largest absolute Gasteiger partial charge is 0.493 e. The van der Waals surface area contributed by atoms with Gasteiger partial charge in [0, 0.05) is 19.1 Å². The molecule has 1 saturated carbocycles. The van der Waals surface area contributed by atoms with Gasteiger partial charge in [0.2, 0.25) is 0 Å². The zero-order chi connectivity index (χ0) is 19.1. The maximum Gasteiger partial charge on any atom is 0.161 e. The molecular weight excluding hydrogens is 344 g/mol. The lowest BCUT2D eigenvalue weighted by atomic mass is 9.93. The molecule has 0 aromatic heterocycles. The molecule has 1 saturated heterocycles. The Balaban J connectivity index is 1.49. The zero-order valence-corrected chi connectivity index (χ0v) is 16.4. The number of β-amino-alcohol motifs (C(OH)–C–C–N with tert-alkyl or cyclic N) is 1. The highest BCUT2D eigenvalue weighted by Gasteiger charge is 2.19. The van der Waals surface area contributed by atoms with Gasteiger partial charge in [0.25, 0.3) is 0 Å². The molecule has 1 heterocycles. The molecule has 1 unspecified atom stereocenters. The summed E-state index contributed by atoms with van der Waals surface area (Å²) in [6, 6.07) is 6.41. The van der Waals surface area contributed by atoms with Gasteiger partial charge in [-0.25, -0.2) is 0 Å². The third-order valence-corrected chi connectivity index (χ3v) is 5.62. The summed E-state index contributed by atoms with van der Waals surface area (Å²) in [5.74, 6) is 1.37. The zero-order valence-electron chi connectivity index (χ0n) is 16.4. The van der Waals surface area contributed by atoms with E-state index >= 15 is 0 Å². The predicted molar refractivity (Wildman–Crippen MR) is 105 cm³/mol. The predicted octanol–water partition coefficient (Wildman–Crippen LogP) is 1.92. The van der Waals surface area contributed by atoms with Gasteiger partial charge in [-0.05, 0) is 69.3 Å². The Morgan fingerprint density at radius 1 is 1.15 bits per heavy atom. The first-order chi connectivity index (χ1) is 13.1. The summed E-state index contributed by atoms with van der Waals surface area (Å²) in [5, 5.41) is 23.4. The molecule has 0 bridgehead atoms. The van der Waals surface area contributed by atoms with Crippen LogP contribution in [0.4, 0.5) is 0 Å². The SMILES string of the molecule is COc1ccc(CNC2CCC(O)CC2)cc1OCC(O)CN1CCCC1. The summed E-state index contributed by atoms with van der Waals surface area (Å²) in [7, 11) is 1.63. The van der Waals surface area contributed by atoms with E-state index in [0.717, 1.165) is 50.9 Å². The van der Waals surface area contributed by atoms with Crippen LogP contribution in [-0.4, -0.2) is 66.7 Å². The van der Waals surface area contributed by atoms with Gasteiger partial charge in [-0.15, -0.1) is 0 Å². The van der Waals surface area contributed by atoms with E-state index in [-0.39, 0.29) is 12.7 Å². The number of hydrogen-bond acceptors (Lipinski definition) is 6. The number of aliphatic hydroxyl groups excluding tert-OH is 2. The van der Waals surface area contributed by atoms with E-state index in [0.29, 0.717) is 24.1 Å². The van der Waals surface area contributed by atoms with Gasteiger partial charge in [0.1, 0.15) is 12.7 Å². The summed E-state index contributed by atoms with van der Waals surface area (Å²) in [4.78, 5) is 2.28. The minimum Gasteiger partial charge on any atom is -0.493 e. The van der Waals surface area contributed by atoms with Crippen molar-refractivity contribution < 1.29 is 19.7 Å². The molecule has 6 heteroatoms. The van der Waals surface area contributed by atoms with E-state index < -0.39 is 6.10 Å². The van der Waals surface area contributed by atoms with E-state index in [4.69, 9.17) is 9.47 Å². The van der Waals surface area contributed by atoms with Gasteiger partial charge < -0.3 is 29.9 Å². The highest BCUT2D eigenvalue weighted by atomic mass is 16.5. The summed E-state index contributed by atoms with van der Waals surface area (Å²) < 4.78 is 11.3. The topological polar surface area (TPSA) is 74.2 Å². The van der Waals surface area contributed by atoms with Gasteiger partial charge in [0.15, 0.2) is 11.5 Å². The molecule has 2 fully saturated rings. The molecule has 1 aromatic rings. The maximum absolute atomic E-state index is 10.3. The molecule has 152 valence electrons. The maximum atomic E-state index is 10.3. The molecule has 3 N–H and O–H groups in total. The van der Waals surface area contributed by atoms with E-state index in [1.807, 2.05) is 18.2 Å². The fourth-order valence-corrected chi connectivity index (χ4v) is 3.99. The first-order valence-electron chi connectivity index (χ1n) is 10.3. The van der Waals surface area contributed by atoms with Crippen LogP contribution in [0.3, 0.4) is 0 Å². The van der Waals surface area contributed by atoms with Crippen molar-refractivity contribution in [2.75, 3.05) is 33.4 Å². The molecular formula is C21H34N2O4. The molecule has 1 aromatic carbocycles. The van der Waals surface area contributed by atoms with Crippen LogP contribution in [0.15, 0.2) is 18.2 Å². The third kappa shape index (κ3) is 6.35. The Labute approximate surface area is 162 Å². The molecule has 0 amide bonds. The standard InChI is InChI=1S/C21H34N2O4/c1-26-20-9-4-16(13-22-17-5-7-18(24)8-6-17)12-21(20)27-15-19(25)14-23-10-2-3-11-23/h4,9,12,17-19,22,24-25H,2-3,5-8,10-11,13-15H2,1H3. The average Bonchev–Trinajstić information content (AvgIpc) is 3.19. The molecule has 6 nitrogen and oxygen atoms in total. The van der Waals surface area contributed by atoms with Gasteiger partial charge in [0.05, 0.1) is 13.2 Å². The number of methoxy groups -OCH3 is 1. The van der Waals surface area contributed by atoms with Crippen LogP contribution in [-0.2, 0) is 6.54 Å². The fourth-order valence-electron chi connectivity index (χ4n) is 3.99. The van der Waals surface area contributed by atoms with Crippen molar-refractivity contribution >= 4 is 0 Å². The average molecular weight is 379 g/mol. The Morgan fingerprint density at radius 2 is 1.89 bits per heavy atom. The van der Waals surface area contributed by atoms with Crippen LogP contribution in [0.2, 0.25) is 0 Å². The highest BCUT2D eigenvalue weighted by Crippen LogP contribution is 2.28. The van der Waals surface area contributed by atoms with Crippen molar-refractivity contribution in [3.63, 3.8) is 0 Å². The lowest BCUT2D eigenvalue weighted by Gasteiger charge is -2.26. The van der Waals surface area contributed by atoms with Crippen molar-refractivity contribution in [3.8, 4) is 11.5 Å². The van der Waals surface area contributed by atoms with E-state index in [9.17, 15) is 10.2 Å². The number of nitrogens with one attached hydrogen (secondary N) is 1. The Hall–Kier alpha value is -1.34. The first kappa shape index (κ1) is 20.4. The van der Waals surface area contributed by atoms with Crippen molar-refractivity contribution in [1.82, 2.24) is 10.2 Å². The molecule has 27 heavy (non-hydrogen) atoms. The molecule has 0 radical (unpaired) electrons. The van der Waals surface area contributed by atoms with Crippen molar-refractivity contribution in [1.29, 1.82) is 0 Å². The normalized spacial score (nSPS) is 24.7. The number of hydrogen-bond donors (Lipinski definition) is 3. The van der Waals surface area contributed by atoms with E-state index in [1.54, 1.807) is 7.11 Å². The van der Waals surface area contributed by atoms with Crippen LogP contribution in [0.1, 0.15) is 44.1 Å². The summed E-state index contributed by atoms with van der Waals surface area (Å²) in [6.07, 6.45) is 5.60. The molecule has 1 aliphatic heterocycles. The second-order valence-electron chi connectivity index (χ2n) is 7.84. The quantitative estimate of drug-likeness (QED) is 0.610. The lowest BCUT2D eigenvalue weighted by molar-refractivity contribution is 0.0746. The van der Waals surface area contributed by atoms with Crippen LogP contribution in [0, 0.1) is 0 Å². The molecule has 1 atom stereocenters. The van der Waals surface area contributed by atoms with Crippen molar-refractivity contribution in [2.45, 2.75) is 63.3 Å². The number of aliphatic hydroxyl groups is 2. The summed E-state index contributed by atoms with van der Waals surface area (Å²) in [6.45, 7) is 3.83. The van der Waals surface area contributed by atoms with Gasteiger partial charge in [-0.1, -0.05) is 6.07 Å². The number of likely N-dealkylation sites (tertiary alicyclic amines) is 1. The molecule has 3 rings (SSSR count). The smallest absolute Gasteiger partial charge is 0.161 e. The number of rotatable bonds is 9. The van der Waals surface area contributed by atoms with E-state index in [2.05, 4.69) is 10.2 Å². The summed E-state index contributed by atoms with van der Waals surface area (Å²) >= 11 is 0. The first-order valence-corrected chi connectivity index (χ1v) is 10.3. The molecule has 1 aliphatic carbocycles. The highest BCUT2D eigenvalue weighted by molar-refractivity contribution is 5.43. The molecule has 2 aliphatic rings. The Morgan fingerprint density at radius 3 is 2.59 bits per heavy atom. The lowest BCUT2D eigenvalue weighted by Crippen LogP contribution is -2.34. The Kier molecular flexibility index (Phi) is 7.76. The monoisotopic (exact) mass is 378 g/mol. The van der Waals surface area contributed by atoms with Crippen LogP contribution in [0.25, 0.3) is 0 Å². The van der Waals surface area contributed by atoms with E-state index in [1.165, 1.54) is 12.8 Å². The van der Waals surface area contributed by atoms with Crippen molar-refractivity contribution in [3.05, 3.63) is 23.8 Å². The van der Waals surface area contributed by atoms with Gasteiger partial charge in [-0.2, -0.15) is 0 Å². The Bertz CT molecular complexity index is 569. The third-order valence-electron chi connectivity index (χ3n) is 5.62. The number of nitrogens with zero attached hydrogens (tertiary/aromatic N) is 1. The van der Waals surface area contributed by atoms with Crippen LogP contribution < -0.4 is 14.8 Å². The van der Waals surface area contributed by atoms with Crippen LogP contribution >= 0.6 is 0 Å².